The van der Waals surface area contributed by atoms with Gasteiger partial charge in [-0.2, -0.15) is 19.9 Å². The van der Waals surface area contributed by atoms with E-state index in [1.54, 1.807) is 6.20 Å². The van der Waals surface area contributed by atoms with Crippen LogP contribution >= 0.6 is 11.6 Å². The molecule has 0 saturated carbocycles. The van der Waals surface area contributed by atoms with Crippen LogP contribution in [0.1, 0.15) is 33.2 Å². The average Bonchev–Trinajstić information content (AvgIpc) is 2.67. The molecular formula is C17H25ClN12. The molecule has 0 aliphatic rings. The molecule has 0 aromatic carbocycles. The summed E-state index contributed by atoms with van der Waals surface area (Å²) < 4.78 is 0. The predicted octanol–water partition coefficient (Wildman–Crippen LogP) is 1.74. The molecule has 4 heterocycles. The molecule has 13 heteroatoms. The first-order chi connectivity index (χ1) is 13.4. The zero-order chi connectivity index (χ0) is 20.3. The lowest BCUT2D eigenvalue weighted by atomic mass is 10.3. The van der Waals surface area contributed by atoms with E-state index in [0.717, 1.165) is 12.1 Å². The number of hydrogen-bond donors (Lipinski definition) is 4. The van der Waals surface area contributed by atoms with Crippen molar-refractivity contribution in [3.05, 3.63) is 23.8 Å². The third-order valence-electron chi connectivity index (χ3n) is 3.50. The Labute approximate surface area is 178 Å². The number of rotatable bonds is 2. The van der Waals surface area contributed by atoms with Gasteiger partial charge in [-0.3, -0.25) is 0 Å². The van der Waals surface area contributed by atoms with Gasteiger partial charge in [-0.15, -0.1) is 11.6 Å². The smallest absolute Gasteiger partial charge is 0.224 e. The van der Waals surface area contributed by atoms with Crippen LogP contribution in [0.4, 0.5) is 23.5 Å². The van der Waals surface area contributed by atoms with E-state index in [4.69, 9.17) is 34.5 Å². The Morgan fingerprint density at radius 1 is 0.700 bits per heavy atom. The van der Waals surface area contributed by atoms with Crippen molar-refractivity contribution in [2.45, 2.75) is 34.1 Å². The molecule has 0 aliphatic carbocycles. The maximum absolute atomic E-state index is 5.61. The number of alkyl halides is 1. The van der Waals surface area contributed by atoms with Crippen molar-refractivity contribution >= 4 is 57.5 Å². The molecule has 4 aromatic rings. The first-order valence-electron chi connectivity index (χ1n) is 8.06. The van der Waals surface area contributed by atoms with Crippen molar-refractivity contribution in [3.8, 4) is 0 Å². The van der Waals surface area contributed by atoms with Crippen LogP contribution < -0.4 is 22.9 Å². The third-order valence-corrected chi connectivity index (χ3v) is 3.78. The maximum Gasteiger partial charge on any atom is 0.224 e. The summed E-state index contributed by atoms with van der Waals surface area (Å²) in [5.41, 5.74) is 25.3. The molecule has 0 atom stereocenters. The van der Waals surface area contributed by atoms with Gasteiger partial charge in [0.2, 0.25) is 11.9 Å². The van der Waals surface area contributed by atoms with Gasteiger partial charge in [-0.05, 0) is 6.42 Å². The molecule has 0 spiro atoms. The number of halogens is 1. The minimum atomic E-state index is 0. The van der Waals surface area contributed by atoms with E-state index < -0.39 is 0 Å². The van der Waals surface area contributed by atoms with Gasteiger partial charge in [-0.25, -0.2) is 19.9 Å². The maximum atomic E-state index is 5.61. The standard InChI is InChI=1S/C8H10N6.C7H7ClN6.2CH4/c1-2-4-3-11-5-6(9)13-8(10)14-7(5)12-4;8-1-3-2-11-4-5(9)13-7(10)14-6(4)12-3;;/h3H,2H2,1H3,(H4,9,10,12,13,14);2H,1H2,(H4,9,10,12,13,14);2*1H4. The number of fused-ring (bicyclic) bond motifs is 2. The summed E-state index contributed by atoms with van der Waals surface area (Å²) in [6.45, 7) is 1.99. The number of nitrogens with zero attached hydrogens (tertiary/aromatic N) is 8. The Morgan fingerprint density at radius 2 is 1.13 bits per heavy atom. The zero-order valence-corrected chi connectivity index (χ0v) is 15.6. The van der Waals surface area contributed by atoms with Gasteiger partial charge in [0.25, 0.3) is 0 Å². The molecule has 0 fully saturated rings. The van der Waals surface area contributed by atoms with E-state index >= 15 is 0 Å². The Balaban J connectivity index is 0.000000281. The topological polar surface area (TPSA) is 207 Å². The van der Waals surface area contributed by atoms with Crippen molar-refractivity contribution in [2.24, 2.45) is 0 Å². The lowest BCUT2D eigenvalue weighted by Crippen LogP contribution is -2.04. The van der Waals surface area contributed by atoms with Gasteiger partial charge in [0.15, 0.2) is 22.9 Å². The van der Waals surface area contributed by atoms with Crippen molar-refractivity contribution in [3.63, 3.8) is 0 Å². The quantitative estimate of drug-likeness (QED) is 0.334. The van der Waals surface area contributed by atoms with Gasteiger partial charge in [0.1, 0.15) is 11.0 Å². The SMILES string of the molecule is C.C.CCc1cnc2c(N)nc(N)nc2n1.Nc1nc(N)c2ncc(CCl)nc2n1. The number of aromatic nitrogens is 8. The molecule has 0 radical (unpaired) electrons. The molecule has 0 amide bonds. The van der Waals surface area contributed by atoms with E-state index in [2.05, 4.69) is 39.9 Å². The fourth-order valence-corrected chi connectivity index (χ4v) is 2.33. The Kier molecular flexibility index (Phi) is 8.29. The van der Waals surface area contributed by atoms with Crippen LogP contribution in [-0.4, -0.2) is 39.9 Å². The van der Waals surface area contributed by atoms with Gasteiger partial charge in [0.05, 0.1) is 23.5 Å². The monoisotopic (exact) mass is 432 g/mol. The number of aryl methyl sites for hydroxylation is 1. The predicted molar refractivity (Wildman–Crippen MR) is 120 cm³/mol. The second-order valence-electron chi connectivity index (χ2n) is 5.49. The molecule has 160 valence electrons. The summed E-state index contributed by atoms with van der Waals surface area (Å²) in [4.78, 5) is 31.9. The van der Waals surface area contributed by atoms with E-state index in [0.29, 0.717) is 28.0 Å². The van der Waals surface area contributed by atoms with Crippen LogP contribution in [0.3, 0.4) is 0 Å². The fourth-order valence-electron chi connectivity index (χ4n) is 2.20. The Bertz CT molecular complexity index is 1060. The van der Waals surface area contributed by atoms with Gasteiger partial charge in [-0.1, -0.05) is 21.8 Å². The van der Waals surface area contributed by atoms with Crippen molar-refractivity contribution in [1.82, 2.24) is 39.9 Å². The third kappa shape index (κ3) is 5.23. The first-order valence-corrected chi connectivity index (χ1v) is 8.59. The molecule has 0 saturated heterocycles. The normalized spacial score (nSPS) is 9.93. The minimum absolute atomic E-state index is 0. The highest BCUT2D eigenvalue weighted by atomic mass is 35.5. The summed E-state index contributed by atoms with van der Waals surface area (Å²) in [6, 6.07) is 0. The number of anilines is 4. The largest absolute Gasteiger partial charge is 0.382 e. The summed E-state index contributed by atoms with van der Waals surface area (Å²) in [6.07, 6.45) is 4.00. The number of nitrogen functional groups attached to an aromatic ring is 4. The Morgan fingerprint density at radius 3 is 1.57 bits per heavy atom. The molecule has 4 aromatic heterocycles. The van der Waals surface area contributed by atoms with Crippen LogP contribution in [0.2, 0.25) is 0 Å². The number of nitrogens with two attached hydrogens (primary N) is 4. The molecule has 4 rings (SSSR count). The molecule has 12 nitrogen and oxygen atoms in total. The number of hydrogen-bond acceptors (Lipinski definition) is 12. The molecule has 0 aliphatic heterocycles. The molecule has 8 N–H and O–H groups in total. The van der Waals surface area contributed by atoms with E-state index in [1.807, 2.05) is 6.92 Å². The summed E-state index contributed by atoms with van der Waals surface area (Å²) in [5.74, 6) is 0.963. The first kappa shape index (κ1) is 24.4. The van der Waals surface area contributed by atoms with Gasteiger partial charge >= 0.3 is 0 Å². The van der Waals surface area contributed by atoms with Gasteiger partial charge in [0, 0.05) is 6.20 Å². The second kappa shape index (κ2) is 10.2. The summed E-state index contributed by atoms with van der Waals surface area (Å²) in [5, 5.41) is 0. The zero-order valence-electron chi connectivity index (χ0n) is 14.8. The van der Waals surface area contributed by atoms with Crippen LogP contribution in [0, 0.1) is 0 Å². The summed E-state index contributed by atoms with van der Waals surface area (Å²) >= 11 is 5.60. The Hall–Kier alpha value is -3.67. The lowest BCUT2D eigenvalue weighted by Gasteiger charge is -2.01. The highest BCUT2D eigenvalue weighted by Gasteiger charge is 2.07. The summed E-state index contributed by atoms with van der Waals surface area (Å²) in [7, 11) is 0. The average molecular weight is 433 g/mol. The minimum Gasteiger partial charge on any atom is -0.382 e. The molecular weight excluding hydrogens is 408 g/mol. The van der Waals surface area contributed by atoms with Gasteiger partial charge < -0.3 is 22.9 Å². The molecule has 0 unspecified atom stereocenters. The van der Waals surface area contributed by atoms with Crippen molar-refractivity contribution < 1.29 is 0 Å². The molecule has 30 heavy (non-hydrogen) atoms. The van der Waals surface area contributed by atoms with Crippen LogP contribution in [0.5, 0.6) is 0 Å². The van der Waals surface area contributed by atoms with E-state index in [1.165, 1.54) is 6.20 Å². The fraction of sp³-hybridized carbons (Fsp3) is 0.294. The lowest BCUT2D eigenvalue weighted by molar-refractivity contribution is 1.01. The van der Waals surface area contributed by atoms with Crippen LogP contribution in [0.25, 0.3) is 22.3 Å². The highest BCUT2D eigenvalue weighted by Crippen LogP contribution is 2.15. The molecule has 0 bridgehead atoms. The van der Waals surface area contributed by atoms with E-state index in [-0.39, 0.29) is 44.3 Å². The van der Waals surface area contributed by atoms with Crippen LogP contribution in [-0.2, 0) is 12.3 Å². The van der Waals surface area contributed by atoms with Crippen molar-refractivity contribution in [1.29, 1.82) is 0 Å². The van der Waals surface area contributed by atoms with Crippen LogP contribution in [0.15, 0.2) is 12.4 Å². The highest BCUT2D eigenvalue weighted by molar-refractivity contribution is 6.16. The van der Waals surface area contributed by atoms with E-state index in [9.17, 15) is 0 Å². The van der Waals surface area contributed by atoms with Crippen molar-refractivity contribution in [2.75, 3.05) is 22.9 Å². The second-order valence-corrected chi connectivity index (χ2v) is 5.76.